The molecule has 0 spiro atoms. The van der Waals surface area contributed by atoms with E-state index < -0.39 is 11.7 Å². The summed E-state index contributed by atoms with van der Waals surface area (Å²) in [5.41, 5.74) is 8.62. The molecule has 182 valence electrons. The molecule has 0 saturated heterocycles. The van der Waals surface area contributed by atoms with Gasteiger partial charge in [0.2, 0.25) is 5.91 Å². The van der Waals surface area contributed by atoms with Crippen LogP contribution in [0.4, 0.5) is 15.9 Å². The fourth-order valence-corrected chi connectivity index (χ4v) is 3.88. The predicted octanol–water partition coefficient (Wildman–Crippen LogP) is 3.20. The van der Waals surface area contributed by atoms with E-state index in [4.69, 9.17) is 10.5 Å². The summed E-state index contributed by atoms with van der Waals surface area (Å²) in [4.78, 5) is 28.3. The van der Waals surface area contributed by atoms with Gasteiger partial charge in [-0.1, -0.05) is 12.6 Å². The van der Waals surface area contributed by atoms with Crippen LogP contribution in [0.1, 0.15) is 23.2 Å². The number of anilines is 2. The standard InChI is InChI=1S/C25H22FN7O3/c1-3-20(34)30-15-7-9-16(18(26)11-15)22-21(23-24(27)28-12-29-33(23)32-22)13-4-8-17(19(10-13)36-2)25(35)31-14-5-6-14/h3-4,7-12,14H,1,5-6H2,2H3,(H,30,34)(H,31,35)(H2,27,28,29). The number of amides is 2. The van der Waals surface area contributed by atoms with Crippen LogP contribution in [0, 0.1) is 5.82 Å². The zero-order chi connectivity index (χ0) is 25.4. The summed E-state index contributed by atoms with van der Waals surface area (Å²) < 4.78 is 22.1. The molecule has 2 aromatic heterocycles. The van der Waals surface area contributed by atoms with Crippen LogP contribution in [0.5, 0.6) is 5.75 Å². The Labute approximate surface area is 205 Å². The van der Waals surface area contributed by atoms with Gasteiger partial charge in [-0.05, 0) is 54.8 Å². The van der Waals surface area contributed by atoms with Gasteiger partial charge in [0.25, 0.3) is 5.91 Å². The van der Waals surface area contributed by atoms with Gasteiger partial charge in [0.15, 0.2) is 5.82 Å². The van der Waals surface area contributed by atoms with Gasteiger partial charge in [0.05, 0.1) is 12.7 Å². The Kier molecular flexibility index (Phi) is 5.80. The summed E-state index contributed by atoms with van der Waals surface area (Å²) in [7, 11) is 1.47. The first-order valence-corrected chi connectivity index (χ1v) is 11.1. The highest BCUT2D eigenvalue weighted by Crippen LogP contribution is 2.40. The molecular weight excluding hydrogens is 465 g/mol. The molecule has 0 aliphatic heterocycles. The third kappa shape index (κ3) is 4.22. The number of carbonyl (C=O) groups excluding carboxylic acids is 2. The number of hydrogen-bond donors (Lipinski definition) is 3. The Morgan fingerprint density at radius 1 is 1.25 bits per heavy atom. The first-order chi connectivity index (χ1) is 17.4. The molecule has 10 nitrogen and oxygen atoms in total. The Balaban J connectivity index is 1.65. The van der Waals surface area contributed by atoms with E-state index in [9.17, 15) is 9.59 Å². The third-order valence-corrected chi connectivity index (χ3v) is 5.79. The number of nitrogen functional groups attached to an aromatic ring is 1. The molecular formula is C25H22FN7O3. The van der Waals surface area contributed by atoms with Crippen molar-refractivity contribution in [1.82, 2.24) is 25.1 Å². The molecule has 0 bridgehead atoms. The average Bonchev–Trinajstić information content (AvgIpc) is 3.60. The zero-order valence-electron chi connectivity index (χ0n) is 19.3. The number of methoxy groups -OCH3 is 1. The highest BCUT2D eigenvalue weighted by Gasteiger charge is 2.27. The number of ether oxygens (including phenoxy) is 1. The fourth-order valence-electron chi connectivity index (χ4n) is 3.88. The lowest BCUT2D eigenvalue weighted by molar-refractivity contribution is -0.111. The Hall–Kier alpha value is -4.80. The van der Waals surface area contributed by atoms with Crippen molar-refractivity contribution in [3.63, 3.8) is 0 Å². The van der Waals surface area contributed by atoms with Crippen LogP contribution >= 0.6 is 0 Å². The molecule has 4 aromatic rings. The van der Waals surface area contributed by atoms with Crippen LogP contribution in [-0.2, 0) is 4.79 Å². The molecule has 2 heterocycles. The number of nitrogens with two attached hydrogens (primary N) is 1. The van der Waals surface area contributed by atoms with E-state index in [1.54, 1.807) is 24.3 Å². The van der Waals surface area contributed by atoms with Gasteiger partial charge in [-0.3, -0.25) is 9.59 Å². The first-order valence-electron chi connectivity index (χ1n) is 11.1. The van der Waals surface area contributed by atoms with Gasteiger partial charge in [-0.25, -0.2) is 9.37 Å². The SMILES string of the molecule is C=CC(=O)Nc1ccc(-c2nn3ncnc(N)c3c2-c2ccc(C(=O)NC3CC3)c(OC)c2)c(F)c1. The van der Waals surface area contributed by atoms with Crippen molar-refractivity contribution >= 4 is 28.8 Å². The molecule has 0 atom stereocenters. The summed E-state index contributed by atoms with van der Waals surface area (Å²) in [6, 6.07) is 9.45. The number of hydrogen-bond acceptors (Lipinski definition) is 7. The number of nitrogens with zero attached hydrogens (tertiary/aromatic N) is 4. The molecule has 2 amide bonds. The maximum Gasteiger partial charge on any atom is 0.255 e. The smallest absolute Gasteiger partial charge is 0.255 e. The van der Waals surface area contributed by atoms with E-state index in [0.29, 0.717) is 28.0 Å². The van der Waals surface area contributed by atoms with Crippen LogP contribution in [-0.4, -0.2) is 44.8 Å². The van der Waals surface area contributed by atoms with Gasteiger partial charge in [0, 0.05) is 22.9 Å². The maximum atomic E-state index is 15.3. The van der Waals surface area contributed by atoms with E-state index in [2.05, 4.69) is 32.4 Å². The van der Waals surface area contributed by atoms with Crippen molar-refractivity contribution in [3.05, 3.63) is 66.8 Å². The van der Waals surface area contributed by atoms with E-state index >= 15 is 4.39 Å². The number of benzene rings is 2. The monoisotopic (exact) mass is 487 g/mol. The van der Waals surface area contributed by atoms with E-state index in [0.717, 1.165) is 18.9 Å². The lowest BCUT2D eigenvalue weighted by Crippen LogP contribution is -2.25. The van der Waals surface area contributed by atoms with Gasteiger partial charge in [0.1, 0.15) is 29.1 Å². The highest BCUT2D eigenvalue weighted by atomic mass is 19.1. The summed E-state index contributed by atoms with van der Waals surface area (Å²) in [6.45, 7) is 3.39. The van der Waals surface area contributed by atoms with Gasteiger partial charge in [-0.2, -0.15) is 0 Å². The molecule has 5 rings (SSSR count). The molecule has 1 saturated carbocycles. The van der Waals surface area contributed by atoms with Crippen molar-refractivity contribution in [2.75, 3.05) is 18.2 Å². The second-order valence-electron chi connectivity index (χ2n) is 8.26. The van der Waals surface area contributed by atoms with Gasteiger partial charge in [-0.15, -0.1) is 14.8 Å². The van der Waals surface area contributed by atoms with Gasteiger partial charge >= 0.3 is 0 Å². The minimum absolute atomic E-state index is 0.142. The molecule has 36 heavy (non-hydrogen) atoms. The van der Waals surface area contributed by atoms with E-state index in [1.807, 2.05) is 0 Å². The van der Waals surface area contributed by atoms with Gasteiger partial charge < -0.3 is 21.1 Å². The fraction of sp³-hybridized carbons (Fsp3) is 0.160. The summed E-state index contributed by atoms with van der Waals surface area (Å²) >= 11 is 0. The lowest BCUT2D eigenvalue weighted by Gasteiger charge is -2.12. The van der Waals surface area contributed by atoms with Crippen LogP contribution in [0.25, 0.3) is 27.9 Å². The summed E-state index contributed by atoms with van der Waals surface area (Å²) in [6.07, 6.45) is 4.26. The normalized spacial score (nSPS) is 12.8. The second kappa shape index (κ2) is 9.10. The topological polar surface area (TPSA) is 137 Å². The van der Waals surface area contributed by atoms with Crippen molar-refractivity contribution in [3.8, 4) is 28.1 Å². The summed E-state index contributed by atoms with van der Waals surface area (Å²) in [5, 5.41) is 14.1. The molecule has 1 aliphatic rings. The summed E-state index contributed by atoms with van der Waals surface area (Å²) in [5.74, 6) is -0.832. The van der Waals surface area contributed by atoms with Crippen LogP contribution in [0.3, 0.4) is 0 Å². The Morgan fingerprint density at radius 2 is 2.06 bits per heavy atom. The quantitative estimate of drug-likeness (QED) is 0.341. The number of carbonyl (C=O) groups is 2. The molecule has 2 aromatic carbocycles. The van der Waals surface area contributed by atoms with E-state index in [-0.39, 0.29) is 34.7 Å². The maximum absolute atomic E-state index is 15.3. The highest BCUT2D eigenvalue weighted by molar-refractivity contribution is 6.01. The van der Waals surface area contributed by atoms with Crippen LogP contribution < -0.4 is 21.1 Å². The second-order valence-corrected chi connectivity index (χ2v) is 8.26. The van der Waals surface area contributed by atoms with Crippen molar-refractivity contribution < 1.29 is 18.7 Å². The number of nitrogens with one attached hydrogen (secondary N) is 2. The van der Waals surface area contributed by atoms with Crippen LogP contribution in [0.15, 0.2) is 55.4 Å². The lowest BCUT2D eigenvalue weighted by atomic mass is 9.97. The predicted molar refractivity (Wildman–Crippen MR) is 132 cm³/mol. The first kappa shape index (κ1) is 23.0. The molecule has 4 N–H and O–H groups in total. The third-order valence-electron chi connectivity index (χ3n) is 5.79. The minimum Gasteiger partial charge on any atom is -0.496 e. The molecule has 11 heteroatoms. The molecule has 0 unspecified atom stereocenters. The van der Waals surface area contributed by atoms with Crippen molar-refractivity contribution in [1.29, 1.82) is 0 Å². The van der Waals surface area contributed by atoms with Crippen molar-refractivity contribution in [2.45, 2.75) is 18.9 Å². The Morgan fingerprint density at radius 3 is 2.75 bits per heavy atom. The number of aromatic nitrogens is 4. The molecule has 1 aliphatic carbocycles. The number of fused-ring (bicyclic) bond motifs is 1. The Bertz CT molecular complexity index is 1530. The number of rotatable bonds is 7. The zero-order valence-corrected chi connectivity index (χ0v) is 19.3. The average molecular weight is 487 g/mol. The van der Waals surface area contributed by atoms with Crippen LogP contribution in [0.2, 0.25) is 0 Å². The minimum atomic E-state index is -0.625. The van der Waals surface area contributed by atoms with Crippen molar-refractivity contribution in [2.24, 2.45) is 0 Å². The van der Waals surface area contributed by atoms with E-state index in [1.165, 1.54) is 30.2 Å². The molecule has 1 fully saturated rings. The molecule has 0 radical (unpaired) electrons. The largest absolute Gasteiger partial charge is 0.496 e. The number of halogens is 1.